The van der Waals surface area contributed by atoms with Crippen LogP contribution in [0.15, 0.2) is 31.0 Å². The number of carbonyl (C=O) groups is 2. The highest BCUT2D eigenvalue weighted by atomic mass is 16.2. The average molecular weight is 388 g/mol. The van der Waals surface area contributed by atoms with E-state index in [4.69, 9.17) is 0 Å². The van der Waals surface area contributed by atoms with Gasteiger partial charge in [-0.1, -0.05) is 45.6 Å². The quantitative estimate of drug-likeness (QED) is 0.539. The number of hydrogen-bond donors (Lipinski definition) is 0. The minimum atomic E-state index is 0.00552. The van der Waals surface area contributed by atoms with Gasteiger partial charge in [0.1, 0.15) is 6.54 Å². The van der Waals surface area contributed by atoms with Crippen LogP contribution in [0.4, 0.5) is 0 Å². The molecule has 1 aliphatic carbocycles. The summed E-state index contributed by atoms with van der Waals surface area (Å²) in [6, 6.07) is 4.03. The Morgan fingerprint density at radius 3 is 2.54 bits per heavy atom. The van der Waals surface area contributed by atoms with Crippen molar-refractivity contribution in [2.75, 3.05) is 19.6 Å². The maximum Gasteiger partial charge on any atom is 0.242 e. The van der Waals surface area contributed by atoms with Gasteiger partial charge in [-0.2, -0.15) is 0 Å². The number of aryl methyl sites for hydroxylation is 1. The Morgan fingerprint density at radius 1 is 1.25 bits per heavy atom. The summed E-state index contributed by atoms with van der Waals surface area (Å²) in [4.78, 5) is 29.3. The second-order valence-corrected chi connectivity index (χ2v) is 8.53. The standard InChI is InChI=1S/C23H37N3O2/c1-5-14-25(22(27)13-12-20-9-6-7-10-20)18-23(28)26(16-19(2)3)17-21-11-8-15-24(21)4/h5,8,11,15,19-20H,1,6-7,9-10,12-14,16-18H2,2-4H3. The molecular weight excluding hydrogens is 350 g/mol. The molecule has 0 aliphatic heterocycles. The van der Waals surface area contributed by atoms with Crippen LogP contribution in [0.25, 0.3) is 0 Å². The molecule has 0 atom stereocenters. The monoisotopic (exact) mass is 387 g/mol. The molecule has 0 radical (unpaired) electrons. The smallest absolute Gasteiger partial charge is 0.242 e. The SMILES string of the molecule is C=CCN(CC(=O)N(Cc1cccn1C)CC(C)C)C(=O)CCC1CCCC1. The lowest BCUT2D eigenvalue weighted by molar-refractivity contribution is -0.141. The van der Waals surface area contributed by atoms with Crippen LogP contribution in [0, 0.1) is 11.8 Å². The van der Waals surface area contributed by atoms with Crippen molar-refractivity contribution in [1.82, 2.24) is 14.4 Å². The fourth-order valence-corrected chi connectivity index (χ4v) is 4.01. The Bertz CT molecular complexity index is 644. The zero-order chi connectivity index (χ0) is 20.5. The van der Waals surface area contributed by atoms with Crippen LogP contribution in [0.3, 0.4) is 0 Å². The van der Waals surface area contributed by atoms with E-state index in [1.807, 2.05) is 34.8 Å². The van der Waals surface area contributed by atoms with Gasteiger partial charge in [-0.3, -0.25) is 9.59 Å². The maximum atomic E-state index is 13.1. The van der Waals surface area contributed by atoms with Crippen molar-refractivity contribution < 1.29 is 9.59 Å². The van der Waals surface area contributed by atoms with Crippen molar-refractivity contribution in [2.45, 2.75) is 58.9 Å². The van der Waals surface area contributed by atoms with Gasteiger partial charge in [0.2, 0.25) is 11.8 Å². The number of hydrogen-bond acceptors (Lipinski definition) is 2. The fraction of sp³-hybridized carbons (Fsp3) is 0.652. The number of amides is 2. The molecule has 2 amide bonds. The molecule has 0 N–H and O–H groups in total. The van der Waals surface area contributed by atoms with Gasteiger partial charge in [0, 0.05) is 38.4 Å². The second-order valence-electron chi connectivity index (χ2n) is 8.53. The molecule has 5 nitrogen and oxygen atoms in total. The summed E-state index contributed by atoms with van der Waals surface area (Å²) < 4.78 is 2.04. The molecule has 0 aromatic carbocycles. The van der Waals surface area contributed by atoms with Gasteiger partial charge in [0.25, 0.3) is 0 Å². The second kappa shape index (κ2) is 11.1. The molecule has 0 unspecified atom stereocenters. The van der Waals surface area contributed by atoms with Crippen molar-refractivity contribution in [2.24, 2.45) is 18.9 Å². The summed E-state index contributed by atoms with van der Waals surface area (Å²) in [5.74, 6) is 1.13. The van der Waals surface area contributed by atoms with E-state index in [1.54, 1.807) is 11.0 Å². The van der Waals surface area contributed by atoms with Crippen LogP contribution < -0.4 is 0 Å². The van der Waals surface area contributed by atoms with Gasteiger partial charge in [-0.25, -0.2) is 0 Å². The van der Waals surface area contributed by atoms with Gasteiger partial charge >= 0.3 is 0 Å². The van der Waals surface area contributed by atoms with Crippen molar-refractivity contribution in [3.05, 3.63) is 36.7 Å². The Morgan fingerprint density at radius 2 is 1.96 bits per heavy atom. The number of carbonyl (C=O) groups excluding carboxylic acids is 2. The molecule has 2 rings (SSSR count). The van der Waals surface area contributed by atoms with Crippen molar-refractivity contribution >= 4 is 11.8 Å². The molecule has 1 aliphatic rings. The van der Waals surface area contributed by atoms with Crippen LogP contribution in [0.1, 0.15) is 58.1 Å². The Hall–Kier alpha value is -2.04. The lowest BCUT2D eigenvalue weighted by Crippen LogP contribution is -2.44. The molecule has 1 aromatic heterocycles. The Balaban J connectivity index is 1.98. The zero-order valence-electron chi connectivity index (χ0n) is 17.9. The summed E-state index contributed by atoms with van der Waals surface area (Å²) in [6.07, 6.45) is 10.2. The molecular formula is C23H37N3O2. The summed E-state index contributed by atoms with van der Waals surface area (Å²) in [6.45, 7) is 9.80. The predicted molar refractivity (Wildman–Crippen MR) is 114 cm³/mol. The summed E-state index contributed by atoms with van der Waals surface area (Å²) in [5, 5.41) is 0. The van der Waals surface area contributed by atoms with E-state index < -0.39 is 0 Å². The van der Waals surface area contributed by atoms with Gasteiger partial charge < -0.3 is 14.4 Å². The topological polar surface area (TPSA) is 45.6 Å². The third-order valence-electron chi connectivity index (χ3n) is 5.61. The molecule has 0 saturated heterocycles. The van der Waals surface area contributed by atoms with Crippen LogP contribution in [-0.4, -0.2) is 45.8 Å². The van der Waals surface area contributed by atoms with Crippen molar-refractivity contribution in [3.8, 4) is 0 Å². The summed E-state index contributed by atoms with van der Waals surface area (Å²) in [7, 11) is 1.99. The predicted octanol–water partition coefficient (Wildman–Crippen LogP) is 3.99. The first kappa shape index (κ1) is 22.3. The van der Waals surface area contributed by atoms with Crippen molar-refractivity contribution in [1.29, 1.82) is 0 Å². The fourth-order valence-electron chi connectivity index (χ4n) is 4.01. The molecule has 156 valence electrons. The van der Waals surface area contributed by atoms with E-state index in [0.29, 0.717) is 37.9 Å². The third-order valence-corrected chi connectivity index (χ3v) is 5.61. The molecule has 28 heavy (non-hydrogen) atoms. The van der Waals surface area contributed by atoms with Crippen LogP contribution in [0.2, 0.25) is 0 Å². The third kappa shape index (κ3) is 6.84. The van der Waals surface area contributed by atoms with E-state index in [9.17, 15) is 9.59 Å². The number of nitrogens with zero attached hydrogens (tertiary/aromatic N) is 3. The van der Waals surface area contributed by atoms with Gasteiger partial charge in [-0.15, -0.1) is 6.58 Å². The molecule has 1 fully saturated rings. The first-order valence-corrected chi connectivity index (χ1v) is 10.7. The molecule has 1 heterocycles. The normalized spacial score (nSPS) is 14.4. The molecule has 0 spiro atoms. The Kier molecular flexibility index (Phi) is 8.81. The van der Waals surface area contributed by atoms with Crippen LogP contribution in [-0.2, 0) is 23.2 Å². The maximum absolute atomic E-state index is 13.1. The van der Waals surface area contributed by atoms with E-state index in [2.05, 4.69) is 20.4 Å². The van der Waals surface area contributed by atoms with Gasteiger partial charge in [0.05, 0.1) is 6.54 Å². The highest BCUT2D eigenvalue weighted by molar-refractivity contribution is 5.85. The highest BCUT2D eigenvalue weighted by Gasteiger charge is 2.23. The molecule has 0 bridgehead atoms. The zero-order valence-corrected chi connectivity index (χ0v) is 17.9. The van der Waals surface area contributed by atoms with Crippen molar-refractivity contribution in [3.63, 3.8) is 0 Å². The first-order chi connectivity index (χ1) is 13.4. The van der Waals surface area contributed by atoms with Crippen LogP contribution in [0.5, 0.6) is 0 Å². The van der Waals surface area contributed by atoms with E-state index in [-0.39, 0.29) is 18.4 Å². The van der Waals surface area contributed by atoms with Crippen LogP contribution >= 0.6 is 0 Å². The lowest BCUT2D eigenvalue weighted by Gasteiger charge is -2.29. The minimum Gasteiger partial charge on any atom is -0.353 e. The van der Waals surface area contributed by atoms with E-state index >= 15 is 0 Å². The Labute approximate surface area is 170 Å². The lowest BCUT2D eigenvalue weighted by atomic mass is 10.0. The molecule has 1 saturated carbocycles. The highest BCUT2D eigenvalue weighted by Crippen LogP contribution is 2.28. The first-order valence-electron chi connectivity index (χ1n) is 10.7. The number of aromatic nitrogens is 1. The van der Waals surface area contributed by atoms with Gasteiger partial charge in [0.15, 0.2) is 0 Å². The summed E-state index contributed by atoms with van der Waals surface area (Å²) in [5.41, 5.74) is 1.09. The largest absolute Gasteiger partial charge is 0.353 e. The average Bonchev–Trinajstić information content (AvgIpc) is 3.30. The molecule has 5 heteroatoms. The molecule has 1 aromatic rings. The van der Waals surface area contributed by atoms with E-state index in [0.717, 1.165) is 12.1 Å². The van der Waals surface area contributed by atoms with Gasteiger partial charge in [-0.05, 0) is 30.4 Å². The van der Waals surface area contributed by atoms with E-state index in [1.165, 1.54) is 25.7 Å². The minimum absolute atomic E-state index is 0.00552. The summed E-state index contributed by atoms with van der Waals surface area (Å²) >= 11 is 0. The number of rotatable bonds is 11.